The lowest BCUT2D eigenvalue weighted by Crippen LogP contribution is -2.40. The number of hydrogen-bond acceptors (Lipinski definition) is 6. The first-order valence-corrected chi connectivity index (χ1v) is 12.2. The summed E-state index contributed by atoms with van der Waals surface area (Å²) in [6.07, 6.45) is 12.1. The molecular formula is C25H28F2N8. The molecule has 1 N–H and O–H groups in total. The number of fused-ring (bicyclic) bond motifs is 1. The van der Waals surface area contributed by atoms with Crippen molar-refractivity contribution in [2.45, 2.75) is 44.7 Å². The highest BCUT2D eigenvalue weighted by molar-refractivity contribution is 5.63. The second kappa shape index (κ2) is 8.99. The number of nitrogens with zero attached hydrogens (tertiary/aromatic N) is 7. The summed E-state index contributed by atoms with van der Waals surface area (Å²) in [6, 6.07) is 6.12. The fraction of sp³-hybridized carbons (Fsp3) is 0.440. The molecule has 0 unspecified atom stereocenters. The van der Waals surface area contributed by atoms with Crippen LogP contribution in [0.15, 0.2) is 49.2 Å². The predicted molar refractivity (Wildman–Crippen MR) is 128 cm³/mol. The van der Waals surface area contributed by atoms with Crippen LogP contribution >= 0.6 is 0 Å². The number of pyridine rings is 2. The predicted octanol–water partition coefficient (Wildman–Crippen LogP) is 3.77. The largest absolute Gasteiger partial charge is 0.370 e. The van der Waals surface area contributed by atoms with E-state index in [-0.39, 0.29) is 18.8 Å². The van der Waals surface area contributed by atoms with Crippen molar-refractivity contribution in [3.8, 4) is 11.3 Å². The first-order chi connectivity index (χ1) is 17.0. The summed E-state index contributed by atoms with van der Waals surface area (Å²) in [7, 11) is 0. The third-order valence-electron chi connectivity index (χ3n) is 6.85. The molecule has 1 aliphatic heterocycles. The minimum Gasteiger partial charge on any atom is -0.370 e. The molecular weight excluding hydrogens is 450 g/mol. The van der Waals surface area contributed by atoms with Crippen molar-refractivity contribution in [2.75, 3.05) is 24.5 Å². The van der Waals surface area contributed by atoms with Crippen LogP contribution in [0.25, 0.3) is 16.9 Å². The highest BCUT2D eigenvalue weighted by Crippen LogP contribution is 2.41. The van der Waals surface area contributed by atoms with Crippen LogP contribution in [0, 0.1) is 5.92 Å². The summed E-state index contributed by atoms with van der Waals surface area (Å²) in [6.45, 7) is 3.92. The van der Waals surface area contributed by atoms with Gasteiger partial charge in [0.05, 0.1) is 30.3 Å². The van der Waals surface area contributed by atoms with Gasteiger partial charge in [0.15, 0.2) is 0 Å². The van der Waals surface area contributed by atoms with E-state index in [2.05, 4.69) is 31.6 Å². The third-order valence-corrected chi connectivity index (χ3v) is 6.85. The van der Waals surface area contributed by atoms with Crippen LogP contribution in [-0.4, -0.2) is 54.9 Å². The topological polar surface area (TPSA) is 76.2 Å². The lowest BCUT2D eigenvalue weighted by Gasteiger charge is -2.35. The number of aromatic nitrogens is 6. The number of rotatable bonds is 8. The van der Waals surface area contributed by atoms with Crippen LogP contribution in [0.1, 0.15) is 36.9 Å². The van der Waals surface area contributed by atoms with Gasteiger partial charge < -0.3 is 14.6 Å². The Balaban J connectivity index is 1.09. The van der Waals surface area contributed by atoms with Crippen LogP contribution in [-0.2, 0) is 13.1 Å². The van der Waals surface area contributed by atoms with Gasteiger partial charge in [0.25, 0.3) is 0 Å². The highest BCUT2D eigenvalue weighted by Gasteiger charge is 2.44. The van der Waals surface area contributed by atoms with Crippen molar-refractivity contribution >= 4 is 11.3 Å². The van der Waals surface area contributed by atoms with Gasteiger partial charge in [-0.25, -0.2) is 18.4 Å². The molecule has 0 aromatic carbocycles. The summed E-state index contributed by atoms with van der Waals surface area (Å²) < 4.78 is 29.7. The van der Waals surface area contributed by atoms with Gasteiger partial charge in [-0.15, -0.1) is 5.10 Å². The Morgan fingerprint density at radius 3 is 2.74 bits per heavy atom. The quantitative estimate of drug-likeness (QED) is 0.416. The second-order valence-electron chi connectivity index (χ2n) is 9.72. The Bertz CT molecular complexity index is 1320. The van der Waals surface area contributed by atoms with E-state index in [1.807, 2.05) is 47.5 Å². The fourth-order valence-electron chi connectivity index (χ4n) is 5.01. The number of nitrogens with one attached hydrogen (secondary N) is 1. The molecule has 35 heavy (non-hydrogen) atoms. The van der Waals surface area contributed by atoms with E-state index < -0.39 is 5.92 Å². The monoisotopic (exact) mass is 478 g/mol. The van der Waals surface area contributed by atoms with E-state index in [1.165, 1.54) is 12.8 Å². The minimum absolute atomic E-state index is 0.00565. The molecule has 0 atom stereocenters. The van der Waals surface area contributed by atoms with Crippen molar-refractivity contribution in [3.05, 3.63) is 60.4 Å². The number of hydrogen-bond donors (Lipinski definition) is 1. The fourth-order valence-corrected chi connectivity index (χ4v) is 5.01. The maximum atomic E-state index is 13.0. The third kappa shape index (κ3) is 4.88. The lowest BCUT2D eigenvalue weighted by molar-refractivity contribution is -0.109. The van der Waals surface area contributed by atoms with Gasteiger partial charge in [0.2, 0.25) is 5.92 Å². The van der Waals surface area contributed by atoms with Crippen molar-refractivity contribution in [2.24, 2.45) is 5.92 Å². The zero-order valence-corrected chi connectivity index (χ0v) is 19.4. The molecule has 5 heterocycles. The number of alkyl halides is 2. The second-order valence-corrected chi connectivity index (χ2v) is 9.72. The van der Waals surface area contributed by atoms with Crippen LogP contribution in [0.3, 0.4) is 0 Å². The number of anilines is 1. The molecule has 1 saturated heterocycles. The van der Waals surface area contributed by atoms with Gasteiger partial charge in [-0.3, -0.25) is 4.98 Å². The first-order valence-electron chi connectivity index (χ1n) is 12.2. The smallest absolute Gasteiger partial charge is 0.248 e. The van der Waals surface area contributed by atoms with Crippen molar-refractivity contribution in [1.29, 1.82) is 0 Å². The summed E-state index contributed by atoms with van der Waals surface area (Å²) in [5.74, 6) is -2.39. The van der Waals surface area contributed by atoms with E-state index in [0.717, 1.165) is 46.9 Å². The Morgan fingerprint density at radius 1 is 1.06 bits per heavy atom. The van der Waals surface area contributed by atoms with Crippen molar-refractivity contribution in [3.63, 3.8) is 0 Å². The van der Waals surface area contributed by atoms with Crippen LogP contribution in [0.5, 0.6) is 0 Å². The molecule has 8 nitrogen and oxygen atoms in total. The molecule has 4 aromatic rings. The summed E-state index contributed by atoms with van der Waals surface area (Å²) in [5, 5.41) is 11.9. The molecule has 182 valence electrons. The van der Waals surface area contributed by atoms with Gasteiger partial charge in [0, 0.05) is 56.6 Å². The van der Waals surface area contributed by atoms with E-state index in [1.54, 1.807) is 4.68 Å². The van der Waals surface area contributed by atoms with Crippen molar-refractivity contribution in [1.82, 2.24) is 34.7 Å². The minimum atomic E-state index is -2.46. The van der Waals surface area contributed by atoms with Gasteiger partial charge >= 0.3 is 0 Å². The molecule has 0 radical (unpaired) electrons. The molecule has 4 aromatic heterocycles. The van der Waals surface area contributed by atoms with Crippen LogP contribution in [0.2, 0.25) is 0 Å². The molecule has 2 aliphatic rings. The Hall–Kier alpha value is -3.40. The van der Waals surface area contributed by atoms with E-state index >= 15 is 0 Å². The van der Waals surface area contributed by atoms with Crippen LogP contribution < -0.4 is 10.2 Å². The number of halogens is 2. The van der Waals surface area contributed by atoms with Gasteiger partial charge in [-0.1, -0.05) is 11.3 Å². The Labute approximate surface area is 202 Å². The standard InChI is InChI=1S/C25H28F2N8/c26-25(27)8-19(9-25)11-28-10-18-3-4-24-30-21(15-34(24)14-18)16-35-17-23(31-32-35)20-7-22(13-29-12-20)33-5-1-2-6-33/h3-4,7,12-15,17,19,28H,1-2,5-6,8-11,16H2. The highest BCUT2D eigenvalue weighted by atomic mass is 19.3. The Kier molecular flexibility index (Phi) is 5.68. The first kappa shape index (κ1) is 22.1. The zero-order chi connectivity index (χ0) is 23.8. The van der Waals surface area contributed by atoms with Gasteiger partial charge in [0.1, 0.15) is 11.3 Å². The average Bonchev–Trinajstić information content (AvgIpc) is 3.59. The summed E-state index contributed by atoms with van der Waals surface area (Å²) in [5.41, 5.74) is 5.70. The van der Waals surface area contributed by atoms with Crippen molar-refractivity contribution < 1.29 is 8.78 Å². The SMILES string of the molecule is FC1(F)CC(CNCc2ccc3nc(Cn4cc(-c5cncc(N6CCCC6)c5)nn4)cn3c2)C1. The van der Waals surface area contributed by atoms with E-state index in [9.17, 15) is 8.78 Å². The number of imidazole rings is 1. The molecule has 0 bridgehead atoms. The summed E-state index contributed by atoms with van der Waals surface area (Å²) >= 11 is 0. The van der Waals surface area contributed by atoms with E-state index in [4.69, 9.17) is 4.98 Å². The molecule has 0 amide bonds. The molecule has 10 heteroatoms. The van der Waals surface area contributed by atoms with E-state index in [0.29, 0.717) is 19.6 Å². The molecule has 2 fully saturated rings. The molecule has 6 rings (SSSR count). The Morgan fingerprint density at radius 2 is 1.91 bits per heavy atom. The zero-order valence-electron chi connectivity index (χ0n) is 19.4. The normalized spacial score (nSPS) is 17.8. The molecule has 1 aliphatic carbocycles. The maximum absolute atomic E-state index is 13.0. The molecule has 0 spiro atoms. The maximum Gasteiger partial charge on any atom is 0.248 e. The average molecular weight is 479 g/mol. The lowest BCUT2D eigenvalue weighted by atomic mass is 9.81. The van der Waals surface area contributed by atoms with Crippen LogP contribution in [0.4, 0.5) is 14.5 Å². The van der Waals surface area contributed by atoms with Gasteiger partial charge in [-0.05, 0) is 43.0 Å². The summed E-state index contributed by atoms with van der Waals surface area (Å²) in [4.78, 5) is 11.5. The van der Waals surface area contributed by atoms with Gasteiger partial charge in [-0.2, -0.15) is 0 Å². The molecule has 1 saturated carbocycles.